The summed E-state index contributed by atoms with van der Waals surface area (Å²) in [5, 5.41) is 3.57. The van der Waals surface area contributed by atoms with Gasteiger partial charge in [0.1, 0.15) is 12.0 Å². The van der Waals surface area contributed by atoms with Crippen LogP contribution in [-0.4, -0.2) is 6.34 Å². The van der Waals surface area contributed by atoms with Crippen molar-refractivity contribution in [2.24, 2.45) is 4.99 Å². The third-order valence-corrected chi connectivity index (χ3v) is 2.20. The van der Waals surface area contributed by atoms with E-state index >= 15 is 0 Å². The maximum Gasteiger partial charge on any atom is 0.418 e. The van der Waals surface area contributed by atoms with Crippen molar-refractivity contribution in [2.45, 2.75) is 6.18 Å². The number of hydrogen-bond acceptors (Lipinski definition) is 1. The number of nitrogens with zero attached hydrogens (tertiary/aromatic N) is 2. The van der Waals surface area contributed by atoms with Crippen molar-refractivity contribution in [2.75, 3.05) is 0 Å². The Bertz CT molecular complexity index is 412. The molecule has 14 heavy (non-hydrogen) atoms. The molecule has 0 unspecified atom stereocenters. The van der Waals surface area contributed by atoms with E-state index in [1.165, 1.54) is 6.07 Å². The summed E-state index contributed by atoms with van der Waals surface area (Å²) in [7, 11) is 0. The van der Waals surface area contributed by atoms with Gasteiger partial charge in [0.15, 0.2) is 0 Å². The van der Waals surface area contributed by atoms with Gasteiger partial charge in [-0.3, -0.25) is 0 Å². The minimum Gasteiger partial charge on any atom is -0.235 e. The van der Waals surface area contributed by atoms with Crippen molar-refractivity contribution in [3.63, 3.8) is 0 Å². The minimum absolute atomic E-state index is 0.110. The topological polar surface area (TPSA) is 26.5 Å². The molecule has 1 aliphatic heterocycles. The van der Waals surface area contributed by atoms with E-state index in [9.17, 15) is 13.2 Å². The quantitative estimate of drug-likeness (QED) is 0.686. The summed E-state index contributed by atoms with van der Waals surface area (Å²) in [4.78, 5) is 3.71. The smallest absolute Gasteiger partial charge is 0.235 e. The fraction of sp³-hybridized carbons (Fsp3) is 0.125. The maximum absolute atomic E-state index is 12.5. The lowest BCUT2D eigenvalue weighted by Gasteiger charge is -2.10. The molecule has 0 saturated heterocycles. The average molecular weight is 264 g/mol. The van der Waals surface area contributed by atoms with E-state index in [2.05, 4.69) is 26.2 Å². The zero-order chi connectivity index (χ0) is 10.3. The molecule has 6 heteroatoms. The lowest BCUT2D eigenvalue weighted by molar-refractivity contribution is -0.137. The van der Waals surface area contributed by atoms with Gasteiger partial charge in [0.25, 0.3) is 0 Å². The number of rotatable bonds is 0. The van der Waals surface area contributed by atoms with Gasteiger partial charge in [0.05, 0.1) is 11.3 Å². The van der Waals surface area contributed by atoms with Gasteiger partial charge in [-0.2, -0.15) is 13.2 Å². The highest BCUT2D eigenvalue weighted by molar-refractivity contribution is 9.10. The van der Waals surface area contributed by atoms with Gasteiger partial charge in [0, 0.05) is 4.47 Å². The van der Waals surface area contributed by atoms with Gasteiger partial charge in [-0.15, -0.1) is 0 Å². The number of aliphatic imine (C=N–C) groups is 1. The van der Waals surface area contributed by atoms with Gasteiger partial charge < -0.3 is 0 Å². The molecule has 0 amide bonds. The standard InChI is InChI=1S/C8H3BrF3N2/c9-4-1-5(8(10,11)12)7-6(2-4)13-3-14-7/h1-3H. The minimum atomic E-state index is -4.40. The Kier molecular flexibility index (Phi) is 2.02. The van der Waals surface area contributed by atoms with E-state index in [-0.39, 0.29) is 11.4 Å². The van der Waals surface area contributed by atoms with Crippen LogP contribution >= 0.6 is 15.9 Å². The van der Waals surface area contributed by atoms with E-state index in [1.807, 2.05) is 0 Å². The monoisotopic (exact) mass is 263 g/mol. The van der Waals surface area contributed by atoms with Crippen molar-refractivity contribution in [3.8, 4) is 0 Å². The highest BCUT2D eigenvalue weighted by atomic mass is 79.9. The van der Waals surface area contributed by atoms with Crippen LogP contribution in [0.4, 0.5) is 24.5 Å². The van der Waals surface area contributed by atoms with Crippen LogP contribution in [0, 0.1) is 0 Å². The van der Waals surface area contributed by atoms with Crippen LogP contribution in [0.5, 0.6) is 0 Å². The molecule has 1 aliphatic rings. The van der Waals surface area contributed by atoms with Crippen LogP contribution in [0.3, 0.4) is 0 Å². The second-order valence-electron chi connectivity index (χ2n) is 2.69. The number of benzene rings is 1. The summed E-state index contributed by atoms with van der Waals surface area (Å²) >= 11 is 2.99. The van der Waals surface area contributed by atoms with Crippen molar-refractivity contribution < 1.29 is 13.2 Å². The zero-order valence-corrected chi connectivity index (χ0v) is 8.22. The fourth-order valence-corrected chi connectivity index (χ4v) is 1.63. The van der Waals surface area contributed by atoms with Gasteiger partial charge in [-0.05, 0) is 12.1 Å². The highest BCUT2D eigenvalue weighted by Crippen LogP contribution is 2.43. The highest BCUT2D eigenvalue weighted by Gasteiger charge is 2.36. The molecule has 1 radical (unpaired) electrons. The Morgan fingerprint density at radius 2 is 1.93 bits per heavy atom. The molecule has 0 N–H and O–H groups in total. The molecule has 0 aliphatic carbocycles. The number of alkyl halides is 3. The molecule has 1 aromatic carbocycles. The lowest BCUT2D eigenvalue weighted by Crippen LogP contribution is -2.07. The Balaban J connectivity index is 2.63. The molecule has 0 atom stereocenters. The Hall–Kier alpha value is -1.04. The number of halogens is 4. The van der Waals surface area contributed by atoms with Crippen LogP contribution in [0.25, 0.3) is 0 Å². The van der Waals surface area contributed by atoms with E-state index < -0.39 is 11.7 Å². The molecular weight excluding hydrogens is 261 g/mol. The summed E-state index contributed by atoms with van der Waals surface area (Å²) in [6, 6.07) is 2.49. The predicted octanol–water partition coefficient (Wildman–Crippen LogP) is 3.38. The Morgan fingerprint density at radius 3 is 2.57 bits per heavy atom. The molecule has 0 spiro atoms. The first-order valence-electron chi connectivity index (χ1n) is 3.62. The first kappa shape index (κ1) is 9.51. The largest absolute Gasteiger partial charge is 0.418 e. The normalized spacial score (nSPS) is 14.0. The molecule has 2 nitrogen and oxygen atoms in total. The Morgan fingerprint density at radius 1 is 1.21 bits per heavy atom. The van der Waals surface area contributed by atoms with E-state index in [0.29, 0.717) is 4.47 Å². The van der Waals surface area contributed by atoms with Crippen molar-refractivity contribution in [1.29, 1.82) is 0 Å². The van der Waals surface area contributed by atoms with Gasteiger partial charge >= 0.3 is 6.18 Å². The summed E-state index contributed by atoms with van der Waals surface area (Å²) in [6.07, 6.45) is -3.28. The summed E-state index contributed by atoms with van der Waals surface area (Å²) in [5.74, 6) is 0. The SMILES string of the molecule is FC(F)(F)c1cc(Br)cc2c1[N]C=N2. The molecule has 0 aromatic heterocycles. The lowest BCUT2D eigenvalue weighted by atomic mass is 10.1. The summed E-state index contributed by atoms with van der Waals surface area (Å²) < 4.78 is 37.8. The van der Waals surface area contributed by atoms with E-state index in [1.54, 1.807) is 0 Å². The molecule has 0 saturated carbocycles. The molecule has 0 fully saturated rings. The van der Waals surface area contributed by atoms with Gasteiger partial charge in [-0.25, -0.2) is 10.3 Å². The van der Waals surface area contributed by atoms with Crippen LogP contribution in [0.2, 0.25) is 0 Å². The second-order valence-corrected chi connectivity index (χ2v) is 3.61. The van der Waals surface area contributed by atoms with Crippen molar-refractivity contribution in [3.05, 3.63) is 22.2 Å². The molecule has 2 rings (SSSR count). The Labute approximate surface area is 86.0 Å². The second kappa shape index (κ2) is 2.98. The van der Waals surface area contributed by atoms with Crippen LogP contribution in [-0.2, 0) is 6.18 Å². The molecule has 0 bridgehead atoms. The number of fused-ring (bicyclic) bond motifs is 1. The maximum atomic E-state index is 12.5. The van der Waals surface area contributed by atoms with Crippen molar-refractivity contribution in [1.82, 2.24) is 5.32 Å². The third-order valence-electron chi connectivity index (χ3n) is 1.74. The first-order valence-corrected chi connectivity index (χ1v) is 4.42. The summed E-state index contributed by atoms with van der Waals surface area (Å²) in [6.45, 7) is 0. The van der Waals surface area contributed by atoms with Crippen molar-refractivity contribution >= 4 is 33.6 Å². The zero-order valence-electron chi connectivity index (χ0n) is 6.64. The third kappa shape index (κ3) is 1.50. The average Bonchev–Trinajstić information content (AvgIpc) is 2.47. The van der Waals surface area contributed by atoms with Gasteiger partial charge in [-0.1, -0.05) is 15.9 Å². The number of hydrogen-bond donors (Lipinski definition) is 0. The fourth-order valence-electron chi connectivity index (χ4n) is 1.18. The molecule has 1 aromatic rings. The predicted molar refractivity (Wildman–Crippen MR) is 49.1 cm³/mol. The summed E-state index contributed by atoms with van der Waals surface area (Å²) in [5.41, 5.74) is -0.633. The molecule has 73 valence electrons. The molecule has 1 heterocycles. The van der Waals surface area contributed by atoms with Gasteiger partial charge in [0.2, 0.25) is 0 Å². The molecular formula is C8H3BrF3N2. The van der Waals surface area contributed by atoms with Crippen LogP contribution in [0.15, 0.2) is 21.6 Å². The first-order chi connectivity index (χ1) is 6.48. The van der Waals surface area contributed by atoms with E-state index in [4.69, 9.17) is 0 Å². The van der Waals surface area contributed by atoms with Crippen LogP contribution < -0.4 is 5.32 Å². The van der Waals surface area contributed by atoms with E-state index in [0.717, 1.165) is 12.4 Å². The van der Waals surface area contributed by atoms with Crippen LogP contribution in [0.1, 0.15) is 5.56 Å².